The topological polar surface area (TPSA) is 66.5 Å². The molecule has 1 rings (SSSR count). The maximum Gasteiger partial charge on any atom is 0.0924 e. The summed E-state index contributed by atoms with van der Waals surface area (Å²) < 4.78 is 0. The van der Waals surface area contributed by atoms with E-state index in [-0.39, 0.29) is 6.61 Å². The smallest absolute Gasteiger partial charge is 0.0924 e. The van der Waals surface area contributed by atoms with Crippen LogP contribution in [0.1, 0.15) is 5.56 Å². The van der Waals surface area contributed by atoms with Gasteiger partial charge in [-0.05, 0) is 12.0 Å². The van der Waals surface area contributed by atoms with E-state index in [4.69, 9.17) is 10.8 Å². The molecule has 13 heavy (non-hydrogen) atoms. The normalized spacial score (nSPS) is 15.3. The number of hydrogen-bond donors (Lipinski definition) is 3. The zero-order valence-electron chi connectivity index (χ0n) is 7.43. The van der Waals surface area contributed by atoms with E-state index in [0.717, 1.165) is 5.56 Å². The maximum absolute atomic E-state index is 9.21. The minimum atomic E-state index is -0.833. The van der Waals surface area contributed by atoms with Crippen LogP contribution in [0.5, 0.6) is 0 Å². The molecule has 0 heterocycles. The Bertz CT molecular complexity index is 238. The zero-order valence-corrected chi connectivity index (χ0v) is 7.43. The molecule has 0 saturated carbocycles. The van der Waals surface area contributed by atoms with Gasteiger partial charge in [0, 0.05) is 6.04 Å². The predicted octanol–water partition coefficient (Wildman–Crippen LogP) is -0.0904. The zero-order chi connectivity index (χ0) is 9.68. The maximum atomic E-state index is 9.21. The van der Waals surface area contributed by atoms with Gasteiger partial charge in [-0.25, -0.2) is 0 Å². The standard InChI is InChI=1S/C10H15NO2/c11-9(10(13)7-12)6-8-4-2-1-3-5-8/h1-5,9-10,12-13H,6-7,11H2/t9-,10?/m0/s1. The van der Waals surface area contributed by atoms with Crippen molar-refractivity contribution in [3.05, 3.63) is 35.9 Å². The van der Waals surface area contributed by atoms with E-state index in [9.17, 15) is 5.11 Å². The second-order valence-electron chi connectivity index (χ2n) is 3.10. The Balaban J connectivity index is 2.50. The Hall–Kier alpha value is -0.900. The Morgan fingerprint density at radius 3 is 2.38 bits per heavy atom. The molecule has 0 aliphatic carbocycles. The first kappa shape index (κ1) is 10.2. The highest BCUT2D eigenvalue weighted by Crippen LogP contribution is 2.03. The summed E-state index contributed by atoms with van der Waals surface area (Å²) >= 11 is 0. The summed E-state index contributed by atoms with van der Waals surface area (Å²) in [7, 11) is 0. The van der Waals surface area contributed by atoms with Gasteiger partial charge in [-0.2, -0.15) is 0 Å². The molecule has 3 nitrogen and oxygen atoms in total. The highest BCUT2D eigenvalue weighted by atomic mass is 16.3. The molecule has 2 atom stereocenters. The molecule has 4 N–H and O–H groups in total. The van der Waals surface area contributed by atoms with E-state index in [1.54, 1.807) is 0 Å². The van der Waals surface area contributed by atoms with Crippen LogP contribution < -0.4 is 5.73 Å². The quantitative estimate of drug-likeness (QED) is 0.608. The molecule has 0 aliphatic heterocycles. The van der Waals surface area contributed by atoms with Crippen molar-refractivity contribution in [2.75, 3.05) is 6.61 Å². The Morgan fingerprint density at radius 2 is 1.85 bits per heavy atom. The van der Waals surface area contributed by atoms with Crippen LogP contribution >= 0.6 is 0 Å². The lowest BCUT2D eigenvalue weighted by Gasteiger charge is -2.16. The minimum absolute atomic E-state index is 0.284. The van der Waals surface area contributed by atoms with Crippen LogP contribution in [-0.4, -0.2) is 29.0 Å². The third-order valence-electron chi connectivity index (χ3n) is 2.00. The second kappa shape index (κ2) is 4.97. The van der Waals surface area contributed by atoms with Crippen LogP contribution in [0.4, 0.5) is 0 Å². The third kappa shape index (κ3) is 3.14. The summed E-state index contributed by atoms with van der Waals surface area (Å²) in [4.78, 5) is 0. The van der Waals surface area contributed by atoms with E-state index in [2.05, 4.69) is 0 Å². The lowest BCUT2D eigenvalue weighted by atomic mass is 10.0. The summed E-state index contributed by atoms with van der Waals surface area (Å²) in [5, 5.41) is 17.9. The van der Waals surface area contributed by atoms with Crippen LogP contribution in [0.25, 0.3) is 0 Å². The molecule has 0 saturated heterocycles. The fourth-order valence-corrected chi connectivity index (χ4v) is 1.16. The minimum Gasteiger partial charge on any atom is -0.394 e. The highest BCUT2D eigenvalue weighted by molar-refractivity contribution is 5.16. The van der Waals surface area contributed by atoms with E-state index in [0.29, 0.717) is 6.42 Å². The average molecular weight is 181 g/mol. The number of rotatable bonds is 4. The van der Waals surface area contributed by atoms with Crippen LogP contribution in [0.2, 0.25) is 0 Å². The Morgan fingerprint density at radius 1 is 1.23 bits per heavy atom. The molecular formula is C10H15NO2. The van der Waals surface area contributed by atoms with Gasteiger partial charge in [-0.3, -0.25) is 0 Å². The van der Waals surface area contributed by atoms with Crippen LogP contribution in [0.3, 0.4) is 0 Å². The van der Waals surface area contributed by atoms with Gasteiger partial charge in [-0.1, -0.05) is 30.3 Å². The van der Waals surface area contributed by atoms with Crippen LogP contribution in [0.15, 0.2) is 30.3 Å². The lowest BCUT2D eigenvalue weighted by Crippen LogP contribution is -2.38. The van der Waals surface area contributed by atoms with Crippen molar-refractivity contribution in [2.45, 2.75) is 18.6 Å². The van der Waals surface area contributed by atoms with Crippen molar-refractivity contribution in [2.24, 2.45) is 5.73 Å². The van der Waals surface area contributed by atoms with Gasteiger partial charge >= 0.3 is 0 Å². The van der Waals surface area contributed by atoms with E-state index in [1.165, 1.54) is 0 Å². The molecule has 0 aliphatic rings. The van der Waals surface area contributed by atoms with Gasteiger partial charge in [0.05, 0.1) is 12.7 Å². The third-order valence-corrected chi connectivity index (χ3v) is 2.00. The fraction of sp³-hybridized carbons (Fsp3) is 0.400. The molecular weight excluding hydrogens is 166 g/mol. The summed E-state index contributed by atoms with van der Waals surface area (Å²) in [5.74, 6) is 0. The molecule has 0 amide bonds. The summed E-state index contributed by atoms with van der Waals surface area (Å²) in [6.45, 7) is -0.284. The average Bonchev–Trinajstić information content (AvgIpc) is 2.18. The van der Waals surface area contributed by atoms with Gasteiger partial charge in [0.2, 0.25) is 0 Å². The Kier molecular flexibility index (Phi) is 3.89. The monoisotopic (exact) mass is 181 g/mol. The van der Waals surface area contributed by atoms with Crippen molar-refractivity contribution >= 4 is 0 Å². The molecule has 0 radical (unpaired) electrons. The molecule has 3 heteroatoms. The number of aliphatic hydroxyl groups excluding tert-OH is 2. The molecule has 0 bridgehead atoms. The van der Waals surface area contributed by atoms with Gasteiger partial charge in [0.25, 0.3) is 0 Å². The molecule has 72 valence electrons. The summed E-state index contributed by atoms with van der Waals surface area (Å²) in [5.41, 5.74) is 6.72. The van der Waals surface area contributed by atoms with Crippen LogP contribution in [-0.2, 0) is 6.42 Å². The number of nitrogens with two attached hydrogens (primary N) is 1. The predicted molar refractivity (Wildman–Crippen MR) is 51.2 cm³/mol. The highest BCUT2D eigenvalue weighted by Gasteiger charge is 2.13. The SMILES string of the molecule is N[C@@H](Cc1ccccc1)C(O)CO. The Labute approximate surface area is 77.8 Å². The second-order valence-corrected chi connectivity index (χ2v) is 3.10. The lowest BCUT2D eigenvalue weighted by molar-refractivity contribution is 0.0742. The number of hydrogen-bond acceptors (Lipinski definition) is 3. The molecule has 0 aromatic heterocycles. The van der Waals surface area contributed by atoms with Crippen molar-refractivity contribution in [3.8, 4) is 0 Å². The molecule has 1 aromatic carbocycles. The van der Waals surface area contributed by atoms with Crippen molar-refractivity contribution in [1.82, 2.24) is 0 Å². The molecule has 1 aromatic rings. The molecule has 0 fully saturated rings. The van der Waals surface area contributed by atoms with E-state index >= 15 is 0 Å². The fourth-order valence-electron chi connectivity index (χ4n) is 1.16. The van der Waals surface area contributed by atoms with E-state index in [1.807, 2.05) is 30.3 Å². The van der Waals surface area contributed by atoms with Crippen molar-refractivity contribution < 1.29 is 10.2 Å². The van der Waals surface area contributed by atoms with Crippen LogP contribution in [0, 0.1) is 0 Å². The molecule has 0 spiro atoms. The first-order chi connectivity index (χ1) is 6.24. The first-order valence-corrected chi connectivity index (χ1v) is 4.32. The van der Waals surface area contributed by atoms with Gasteiger partial charge in [0.15, 0.2) is 0 Å². The first-order valence-electron chi connectivity index (χ1n) is 4.32. The van der Waals surface area contributed by atoms with Crippen molar-refractivity contribution in [1.29, 1.82) is 0 Å². The number of aliphatic hydroxyl groups is 2. The van der Waals surface area contributed by atoms with E-state index < -0.39 is 12.1 Å². The van der Waals surface area contributed by atoms with Gasteiger partial charge < -0.3 is 15.9 Å². The summed E-state index contributed by atoms with van der Waals surface area (Å²) in [6, 6.07) is 9.28. The molecule has 1 unspecified atom stereocenters. The summed E-state index contributed by atoms with van der Waals surface area (Å²) in [6.07, 6.45) is -0.247. The largest absolute Gasteiger partial charge is 0.394 e. The van der Waals surface area contributed by atoms with Crippen molar-refractivity contribution in [3.63, 3.8) is 0 Å². The van der Waals surface area contributed by atoms with Gasteiger partial charge in [0.1, 0.15) is 0 Å². The number of benzene rings is 1. The van der Waals surface area contributed by atoms with Gasteiger partial charge in [-0.15, -0.1) is 0 Å².